The van der Waals surface area contributed by atoms with Gasteiger partial charge in [0.2, 0.25) is 0 Å². The zero-order valence-corrected chi connectivity index (χ0v) is 26.2. The molecule has 0 aliphatic carbocycles. The lowest BCUT2D eigenvalue weighted by atomic mass is 10.4. The van der Waals surface area contributed by atoms with Crippen molar-refractivity contribution in [3.05, 3.63) is 91.0 Å². The Bertz CT molecular complexity index is 989. The van der Waals surface area contributed by atoms with Crippen molar-refractivity contribution < 1.29 is 16.8 Å². The molecule has 1 atom stereocenters. The van der Waals surface area contributed by atoms with E-state index in [1.54, 1.807) is 0 Å². The Morgan fingerprint density at radius 2 is 1.15 bits per heavy atom. The molecule has 0 aliphatic rings. The Balaban J connectivity index is 2.31. The van der Waals surface area contributed by atoms with Gasteiger partial charge in [-0.05, 0) is 36.1 Å². The molecule has 3 aromatic rings. The molecular weight excluding hydrogens is 493 g/mol. The predicted molar refractivity (Wildman–Crippen MR) is 148 cm³/mol. The van der Waals surface area contributed by atoms with Gasteiger partial charge in [-0.1, -0.05) is 97.9 Å². The van der Waals surface area contributed by atoms with Crippen molar-refractivity contribution in [2.45, 2.75) is 38.3 Å². The molecule has 0 aromatic heterocycles. The minimum absolute atomic E-state index is 0.478. The first-order valence-electron chi connectivity index (χ1n) is 11.4. The molecule has 0 radical (unpaired) electrons. The van der Waals surface area contributed by atoms with Gasteiger partial charge >= 0.3 is 8.80 Å². The highest BCUT2D eigenvalue weighted by Crippen LogP contribution is 2.25. The van der Waals surface area contributed by atoms with E-state index < -0.39 is 34.1 Å². The highest BCUT2D eigenvalue weighted by atomic mass is 28.5. The van der Waals surface area contributed by atoms with Crippen LogP contribution in [0.15, 0.2) is 91.0 Å². The van der Waals surface area contributed by atoms with Crippen LogP contribution < -0.4 is 15.6 Å². The smallest absolute Gasteiger partial charge is 0.422 e. The summed E-state index contributed by atoms with van der Waals surface area (Å²) in [5.41, 5.74) is 0.531. The minimum Gasteiger partial charge on any atom is -0.422 e. The van der Waals surface area contributed by atoms with Crippen LogP contribution in [0.3, 0.4) is 0 Å². The molecule has 0 bridgehead atoms. The summed E-state index contributed by atoms with van der Waals surface area (Å²) in [6.07, 6.45) is 0. The van der Waals surface area contributed by atoms with Crippen LogP contribution >= 0.6 is 0 Å². The van der Waals surface area contributed by atoms with E-state index in [4.69, 9.17) is 12.3 Å². The van der Waals surface area contributed by atoms with Crippen molar-refractivity contribution >= 4 is 60.2 Å². The van der Waals surface area contributed by atoms with E-state index in [2.05, 4.69) is 56.0 Å². The lowest BCUT2D eigenvalue weighted by Gasteiger charge is -2.43. The maximum absolute atomic E-state index is 13.3. The number of benzene rings is 3. The normalized spacial score (nSPS) is 14.1. The van der Waals surface area contributed by atoms with Gasteiger partial charge in [0, 0.05) is 10.9 Å². The molecule has 33 heavy (non-hydrogen) atoms. The average molecular weight is 527 g/mol. The fourth-order valence-corrected chi connectivity index (χ4v) is 22.7. The van der Waals surface area contributed by atoms with Crippen LogP contribution in [0.5, 0.6) is 0 Å². The van der Waals surface area contributed by atoms with E-state index in [-0.39, 0.29) is 0 Å². The second kappa shape index (κ2) is 11.2. The van der Waals surface area contributed by atoms with Gasteiger partial charge in [0.05, 0.1) is 0 Å². The molecule has 0 amide bonds. The van der Waals surface area contributed by atoms with Crippen molar-refractivity contribution in [3.8, 4) is 0 Å². The first-order valence-corrected chi connectivity index (χ1v) is 21.3. The van der Waals surface area contributed by atoms with Crippen molar-refractivity contribution in [1.29, 1.82) is 0 Å². The first-order chi connectivity index (χ1) is 15.7. The summed E-state index contributed by atoms with van der Waals surface area (Å²) in [7, 11) is -9.73. The van der Waals surface area contributed by atoms with Crippen LogP contribution in [0.2, 0.25) is 31.4 Å². The minimum atomic E-state index is -3.30. The third kappa shape index (κ3) is 6.31. The lowest BCUT2D eigenvalue weighted by Crippen LogP contribution is -2.73. The number of rotatable bonds is 11. The van der Waals surface area contributed by atoms with Crippen LogP contribution in [0, 0.1) is 0 Å². The van der Waals surface area contributed by atoms with Gasteiger partial charge in [-0.3, -0.25) is 0 Å². The van der Waals surface area contributed by atoms with Gasteiger partial charge in [-0.2, -0.15) is 0 Å². The van der Waals surface area contributed by atoms with E-state index in [1.807, 2.05) is 61.5 Å². The molecule has 0 aliphatic heterocycles. The van der Waals surface area contributed by atoms with Crippen molar-refractivity contribution in [3.63, 3.8) is 0 Å². The van der Waals surface area contributed by atoms with Gasteiger partial charge in [-0.15, -0.1) is 0 Å². The zero-order valence-electron chi connectivity index (χ0n) is 20.2. The van der Waals surface area contributed by atoms with E-state index in [1.165, 1.54) is 0 Å². The van der Waals surface area contributed by atoms with Crippen LogP contribution in [0.4, 0.5) is 0 Å². The monoisotopic (exact) mass is 526 g/mol. The zero-order chi connectivity index (χ0) is 24.0. The Labute approximate surface area is 205 Å². The van der Waals surface area contributed by atoms with E-state index in [0.717, 1.165) is 15.6 Å². The van der Waals surface area contributed by atoms with Crippen LogP contribution in [-0.4, -0.2) is 44.6 Å². The summed E-state index contributed by atoms with van der Waals surface area (Å²) in [6.45, 7) is 8.51. The Morgan fingerprint density at radius 1 is 0.727 bits per heavy atom. The number of hydrogen-bond donors (Lipinski definition) is 0. The molecule has 3 rings (SSSR count). The summed E-state index contributed by atoms with van der Waals surface area (Å²) in [6, 6.07) is 31.5. The van der Waals surface area contributed by atoms with Crippen molar-refractivity contribution in [2.75, 3.05) is 0 Å². The van der Waals surface area contributed by atoms with Gasteiger partial charge in [-0.25, -0.2) is 0 Å². The van der Waals surface area contributed by atoms with E-state index >= 15 is 0 Å². The Hall–Kier alpha value is -1.58. The molecular formula is C24H34O4Si5. The maximum atomic E-state index is 13.3. The van der Waals surface area contributed by atoms with Crippen LogP contribution in [-0.2, 0) is 16.8 Å². The molecule has 3 aromatic carbocycles. The molecule has 4 nitrogen and oxygen atoms in total. The molecule has 0 saturated heterocycles. The second-order valence-corrected chi connectivity index (χ2v) is 24.3. The summed E-state index contributed by atoms with van der Waals surface area (Å²) < 4.78 is 34.0. The predicted octanol–water partition coefficient (Wildman–Crippen LogP) is 2.74. The fourth-order valence-electron chi connectivity index (χ4n) is 3.96. The molecule has 0 saturated carbocycles. The SMILES string of the molecule is CC[Si](=O)C[Si](O[Si](O[SiH3])(O[Si](C)(C)C)c1ccccc1)(c1ccccc1)c1ccccc1. The molecule has 0 heterocycles. The lowest BCUT2D eigenvalue weighted by molar-refractivity contribution is 0.289. The quantitative estimate of drug-likeness (QED) is 0.361. The molecule has 174 valence electrons. The fraction of sp³-hybridized carbons (Fsp3) is 0.250. The average Bonchev–Trinajstić information content (AvgIpc) is 2.83. The largest absolute Gasteiger partial charge is 0.505 e. The van der Waals surface area contributed by atoms with E-state index in [9.17, 15) is 4.46 Å². The van der Waals surface area contributed by atoms with Gasteiger partial charge < -0.3 is 16.8 Å². The summed E-state index contributed by atoms with van der Waals surface area (Å²) in [5, 5.41) is 3.18. The third-order valence-corrected chi connectivity index (χ3v) is 21.5. The standard InChI is InChI=1S/C24H34O4Si5/c1-5-30(25)21-32(22-15-9-6-10-16-22,23-17-11-7-12-18-23)28-33(26-29,27-31(2,3)4)24-19-13-8-14-20-24/h6-20H,5,21H2,1-4,29H3. The summed E-state index contributed by atoms with van der Waals surface area (Å²) in [4.78, 5) is 0. The van der Waals surface area contributed by atoms with Crippen molar-refractivity contribution in [2.24, 2.45) is 0 Å². The van der Waals surface area contributed by atoms with Crippen LogP contribution in [0.25, 0.3) is 0 Å². The molecule has 9 heteroatoms. The van der Waals surface area contributed by atoms with Gasteiger partial charge in [0.25, 0.3) is 17.0 Å². The third-order valence-electron chi connectivity index (χ3n) is 5.47. The Morgan fingerprint density at radius 3 is 1.52 bits per heavy atom. The Kier molecular flexibility index (Phi) is 8.86. The highest BCUT2D eigenvalue weighted by molar-refractivity contribution is 7.07. The second-order valence-electron chi connectivity index (χ2n) is 9.07. The first kappa shape index (κ1) is 26.0. The van der Waals surface area contributed by atoms with E-state index in [0.29, 0.717) is 22.2 Å². The maximum Gasteiger partial charge on any atom is 0.505 e. The molecule has 0 fully saturated rings. The molecule has 0 spiro atoms. The van der Waals surface area contributed by atoms with Crippen LogP contribution in [0.1, 0.15) is 6.92 Å². The molecule has 1 unspecified atom stereocenters. The molecule has 0 N–H and O–H groups in total. The van der Waals surface area contributed by atoms with Gasteiger partial charge in [0.1, 0.15) is 10.5 Å². The summed E-state index contributed by atoms with van der Waals surface area (Å²) in [5.74, 6) is 0. The number of hydrogen-bond acceptors (Lipinski definition) is 4. The topological polar surface area (TPSA) is 44.8 Å². The van der Waals surface area contributed by atoms with Gasteiger partial charge in [0.15, 0.2) is 8.32 Å². The van der Waals surface area contributed by atoms with Crippen molar-refractivity contribution in [1.82, 2.24) is 0 Å². The summed E-state index contributed by atoms with van der Waals surface area (Å²) >= 11 is 0. The highest BCUT2D eigenvalue weighted by Gasteiger charge is 2.54.